The number of imidazole rings is 1. The molecule has 7 nitrogen and oxygen atoms in total. The third-order valence-corrected chi connectivity index (χ3v) is 2.99. The van der Waals surface area contributed by atoms with Crippen molar-refractivity contribution in [2.75, 3.05) is 6.61 Å². The molecule has 0 aliphatic heterocycles. The molecule has 1 amide bonds. The monoisotopic (exact) mass is 303 g/mol. The normalized spacial score (nSPS) is 11.7. The van der Waals surface area contributed by atoms with Gasteiger partial charge in [0.15, 0.2) is 0 Å². The Balaban J connectivity index is 2.07. The summed E-state index contributed by atoms with van der Waals surface area (Å²) in [5, 5.41) is 11.7. The van der Waals surface area contributed by atoms with Gasteiger partial charge in [0.05, 0.1) is 12.9 Å². The minimum Gasteiger partial charge on any atom is -0.494 e. The van der Waals surface area contributed by atoms with Crippen molar-refractivity contribution in [3.63, 3.8) is 0 Å². The summed E-state index contributed by atoms with van der Waals surface area (Å²) in [6.45, 7) is 2.33. The lowest BCUT2D eigenvalue weighted by atomic mass is 10.1. The number of aromatic amines is 1. The van der Waals surface area contributed by atoms with E-state index in [9.17, 15) is 14.7 Å². The zero-order valence-corrected chi connectivity index (χ0v) is 12.1. The zero-order valence-electron chi connectivity index (χ0n) is 12.1. The third-order valence-electron chi connectivity index (χ3n) is 2.99. The van der Waals surface area contributed by atoms with Gasteiger partial charge in [-0.3, -0.25) is 4.79 Å². The maximum atomic E-state index is 12.2. The maximum Gasteiger partial charge on any atom is 0.326 e. The molecular weight excluding hydrogens is 286 g/mol. The first-order valence-electron chi connectivity index (χ1n) is 6.84. The van der Waals surface area contributed by atoms with E-state index in [1.165, 1.54) is 12.5 Å². The molecule has 1 unspecified atom stereocenters. The number of benzene rings is 1. The number of carbonyl (C=O) groups is 2. The smallest absolute Gasteiger partial charge is 0.326 e. The van der Waals surface area contributed by atoms with E-state index in [1.54, 1.807) is 24.3 Å². The van der Waals surface area contributed by atoms with Crippen molar-refractivity contribution in [2.45, 2.75) is 19.4 Å². The molecule has 116 valence electrons. The number of nitrogens with zero attached hydrogens (tertiary/aromatic N) is 1. The molecule has 0 aliphatic rings. The van der Waals surface area contributed by atoms with E-state index in [1.807, 2.05) is 6.92 Å². The fraction of sp³-hybridized carbons (Fsp3) is 0.267. The van der Waals surface area contributed by atoms with Gasteiger partial charge in [0.2, 0.25) is 0 Å². The van der Waals surface area contributed by atoms with Crippen molar-refractivity contribution < 1.29 is 19.4 Å². The van der Waals surface area contributed by atoms with Crippen molar-refractivity contribution in [3.05, 3.63) is 48.0 Å². The molecule has 22 heavy (non-hydrogen) atoms. The van der Waals surface area contributed by atoms with E-state index in [0.717, 1.165) is 0 Å². The number of carboxylic acid groups (broad SMARTS) is 1. The highest BCUT2D eigenvalue weighted by atomic mass is 16.5. The Bertz CT molecular complexity index is 640. The Morgan fingerprint density at radius 2 is 2.27 bits per heavy atom. The third kappa shape index (κ3) is 4.08. The molecule has 3 N–H and O–H groups in total. The molecule has 0 saturated carbocycles. The highest BCUT2D eigenvalue weighted by molar-refractivity contribution is 5.96. The molecule has 1 heterocycles. The molecule has 0 fully saturated rings. The van der Waals surface area contributed by atoms with Crippen LogP contribution in [0.5, 0.6) is 5.75 Å². The van der Waals surface area contributed by atoms with E-state index < -0.39 is 17.9 Å². The van der Waals surface area contributed by atoms with Crippen LogP contribution in [0.3, 0.4) is 0 Å². The molecule has 1 aromatic carbocycles. The highest BCUT2D eigenvalue weighted by Crippen LogP contribution is 2.13. The number of nitrogens with one attached hydrogen (secondary N) is 2. The van der Waals surface area contributed by atoms with E-state index in [4.69, 9.17) is 4.74 Å². The summed E-state index contributed by atoms with van der Waals surface area (Å²) in [6, 6.07) is 5.56. The molecule has 0 bridgehead atoms. The minimum absolute atomic E-state index is 0.131. The molecule has 1 aromatic heterocycles. The Morgan fingerprint density at radius 3 is 2.91 bits per heavy atom. The summed E-state index contributed by atoms with van der Waals surface area (Å²) in [7, 11) is 0. The number of hydrogen-bond acceptors (Lipinski definition) is 4. The number of carboxylic acids is 1. The average Bonchev–Trinajstić information content (AvgIpc) is 3.00. The molecular formula is C15H17N3O4. The van der Waals surface area contributed by atoms with Crippen LogP contribution in [0.2, 0.25) is 0 Å². The maximum absolute atomic E-state index is 12.2. The summed E-state index contributed by atoms with van der Waals surface area (Å²) in [6.07, 6.45) is 3.12. The van der Waals surface area contributed by atoms with Crippen LogP contribution in [-0.4, -0.2) is 39.6 Å². The van der Waals surface area contributed by atoms with Crippen molar-refractivity contribution >= 4 is 11.9 Å². The number of H-pyrrole nitrogens is 1. The second-order valence-electron chi connectivity index (χ2n) is 4.61. The molecule has 0 spiro atoms. The predicted molar refractivity (Wildman–Crippen MR) is 78.8 cm³/mol. The summed E-state index contributed by atoms with van der Waals surface area (Å²) < 4.78 is 5.32. The SMILES string of the molecule is CCOc1cccc(C(=O)NC(Cc2cnc[nH]2)C(=O)O)c1. The fourth-order valence-corrected chi connectivity index (χ4v) is 1.95. The number of amides is 1. The first kappa shape index (κ1) is 15.6. The number of aliphatic carboxylic acids is 1. The van der Waals surface area contributed by atoms with Crippen LogP contribution in [0.15, 0.2) is 36.8 Å². The summed E-state index contributed by atoms with van der Waals surface area (Å²) in [5.74, 6) is -1.01. The Hall–Kier alpha value is -2.83. The minimum atomic E-state index is -1.11. The van der Waals surface area contributed by atoms with Crippen LogP contribution in [0.4, 0.5) is 0 Å². The molecule has 0 saturated heterocycles. The molecule has 1 atom stereocenters. The molecule has 7 heteroatoms. The number of carbonyl (C=O) groups excluding carboxylic acids is 1. The van der Waals surface area contributed by atoms with Crippen LogP contribution in [0.1, 0.15) is 23.0 Å². The van der Waals surface area contributed by atoms with Gasteiger partial charge in [0.1, 0.15) is 11.8 Å². The van der Waals surface area contributed by atoms with Gasteiger partial charge in [-0.2, -0.15) is 0 Å². The fourth-order valence-electron chi connectivity index (χ4n) is 1.95. The average molecular weight is 303 g/mol. The van der Waals surface area contributed by atoms with Gasteiger partial charge in [0.25, 0.3) is 5.91 Å². The van der Waals surface area contributed by atoms with Crippen molar-refractivity contribution in [3.8, 4) is 5.75 Å². The topological polar surface area (TPSA) is 104 Å². The summed E-state index contributed by atoms with van der Waals surface area (Å²) in [4.78, 5) is 30.1. The Kier molecular flexibility index (Phi) is 5.13. The number of rotatable bonds is 7. The van der Waals surface area contributed by atoms with Gasteiger partial charge in [0, 0.05) is 23.9 Å². The summed E-state index contributed by atoms with van der Waals surface area (Å²) in [5.41, 5.74) is 0.984. The molecule has 0 aliphatic carbocycles. The van der Waals surface area contributed by atoms with Crippen LogP contribution in [0.25, 0.3) is 0 Å². The second-order valence-corrected chi connectivity index (χ2v) is 4.61. The van der Waals surface area contributed by atoms with E-state index in [0.29, 0.717) is 23.6 Å². The van der Waals surface area contributed by atoms with Gasteiger partial charge >= 0.3 is 5.97 Å². The predicted octanol–water partition coefficient (Wildman–Crippen LogP) is 1.23. The zero-order chi connectivity index (χ0) is 15.9. The largest absolute Gasteiger partial charge is 0.494 e. The first-order valence-corrected chi connectivity index (χ1v) is 6.84. The van der Waals surface area contributed by atoms with Gasteiger partial charge in [-0.15, -0.1) is 0 Å². The van der Waals surface area contributed by atoms with Gasteiger partial charge in [-0.05, 0) is 25.1 Å². The Morgan fingerprint density at radius 1 is 1.45 bits per heavy atom. The van der Waals surface area contributed by atoms with Crippen LogP contribution >= 0.6 is 0 Å². The lowest BCUT2D eigenvalue weighted by Gasteiger charge is -2.14. The van der Waals surface area contributed by atoms with E-state index >= 15 is 0 Å². The van der Waals surface area contributed by atoms with Gasteiger partial charge in [-0.1, -0.05) is 6.07 Å². The van der Waals surface area contributed by atoms with Crippen LogP contribution in [0, 0.1) is 0 Å². The highest BCUT2D eigenvalue weighted by Gasteiger charge is 2.21. The van der Waals surface area contributed by atoms with Crippen molar-refractivity contribution in [1.29, 1.82) is 0 Å². The van der Waals surface area contributed by atoms with Gasteiger partial charge < -0.3 is 20.1 Å². The van der Waals surface area contributed by atoms with E-state index in [-0.39, 0.29) is 6.42 Å². The Labute approximate surface area is 127 Å². The summed E-state index contributed by atoms with van der Waals surface area (Å²) >= 11 is 0. The number of aromatic nitrogens is 2. The van der Waals surface area contributed by atoms with Crippen LogP contribution in [-0.2, 0) is 11.2 Å². The van der Waals surface area contributed by atoms with E-state index in [2.05, 4.69) is 15.3 Å². The molecule has 0 radical (unpaired) electrons. The lowest BCUT2D eigenvalue weighted by molar-refractivity contribution is -0.139. The number of hydrogen-bond donors (Lipinski definition) is 3. The first-order chi connectivity index (χ1) is 10.6. The lowest BCUT2D eigenvalue weighted by Crippen LogP contribution is -2.42. The quantitative estimate of drug-likeness (QED) is 0.713. The molecule has 2 rings (SSSR count). The van der Waals surface area contributed by atoms with Crippen LogP contribution < -0.4 is 10.1 Å². The van der Waals surface area contributed by atoms with Crippen molar-refractivity contribution in [2.24, 2.45) is 0 Å². The molecule has 2 aromatic rings. The number of ether oxygens (including phenoxy) is 1. The second kappa shape index (κ2) is 7.26. The van der Waals surface area contributed by atoms with Crippen molar-refractivity contribution in [1.82, 2.24) is 15.3 Å². The standard InChI is InChI=1S/C15H17N3O4/c1-2-22-12-5-3-4-10(6-12)14(19)18-13(15(20)21)7-11-8-16-9-17-11/h3-6,8-9,13H,2,7H2,1H3,(H,16,17)(H,18,19)(H,20,21). The van der Waals surface area contributed by atoms with Gasteiger partial charge in [-0.25, -0.2) is 9.78 Å².